The largest absolute Gasteiger partial charge is 0.490 e. The van der Waals surface area contributed by atoms with Gasteiger partial charge in [0.2, 0.25) is 0 Å². The maximum atomic E-state index is 6.01. The highest BCUT2D eigenvalue weighted by Gasteiger charge is 2.11. The molecule has 0 fully saturated rings. The first-order chi connectivity index (χ1) is 12.7. The summed E-state index contributed by atoms with van der Waals surface area (Å²) in [6, 6.07) is 9.67. The number of ether oxygens (including phenoxy) is 2. The van der Waals surface area contributed by atoms with Crippen LogP contribution < -0.4 is 20.5 Å². The van der Waals surface area contributed by atoms with Crippen molar-refractivity contribution in [2.24, 2.45) is 10.7 Å². The number of pyridine rings is 1. The lowest BCUT2D eigenvalue weighted by Gasteiger charge is -2.10. The lowest BCUT2D eigenvalue weighted by Crippen LogP contribution is -2.22. The Morgan fingerprint density at radius 2 is 2.00 bits per heavy atom. The number of fused-ring (bicyclic) bond motifs is 2. The third kappa shape index (κ3) is 4.62. The summed E-state index contributed by atoms with van der Waals surface area (Å²) in [5.74, 6) is 1.80. The number of hydrogen-bond acceptors (Lipinski definition) is 4. The molecule has 7 nitrogen and oxygen atoms in total. The first-order valence-corrected chi connectivity index (χ1v) is 8.58. The van der Waals surface area contributed by atoms with Gasteiger partial charge in [0.1, 0.15) is 5.65 Å². The average Bonchev–Trinajstić information content (AvgIpc) is 2.88. The van der Waals surface area contributed by atoms with Crippen molar-refractivity contribution in [1.29, 1.82) is 0 Å². The van der Waals surface area contributed by atoms with E-state index < -0.39 is 0 Å². The van der Waals surface area contributed by atoms with E-state index in [9.17, 15) is 0 Å². The molecule has 3 heterocycles. The zero-order chi connectivity index (χ0) is 17.9. The van der Waals surface area contributed by atoms with E-state index in [4.69, 9.17) is 15.2 Å². The van der Waals surface area contributed by atoms with Gasteiger partial charge in [-0.3, -0.25) is 0 Å². The first-order valence-electron chi connectivity index (χ1n) is 8.58. The molecule has 0 saturated heterocycles. The minimum atomic E-state index is 0. The van der Waals surface area contributed by atoms with Gasteiger partial charge in [0.15, 0.2) is 17.5 Å². The quantitative estimate of drug-likeness (QED) is 0.342. The van der Waals surface area contributed by atoms with Crippen LogP contribution in [0.2, 0.25) is 0 Å². The van der Waals surface area contributed by atoms with Crippen LogP contribution in [0.3, 0.4) is 0 Å². The Labute approximate surface area is 174 Å². The van der Waals surface area contributed by atoms with E-state index in [1.165, 1.54) is 5.56 Å². The van der Waals surface area contributed by atoms with E-state index in [1.54, 1.807) is 0 Å². The molecule has 0 atom stereocenters. The number of rotatable bonds is 3. The summed E-state index contributed by atoms with van der Waals surface area (Å²) in [7, 11) is 0. The number of hydrogen-bond donors (Lipinski definition) is 2. The van der Waals surface area contributed by atoms with Crippen LogP contribution in [0.25, 0.3) is 5.65 Å². The molecular weight excluding hydrogens is 457 g/mol. The standard InChI is InChI=1S/C19H21N5O2.HI/c1-13-3-6-18-22-15(12-24(18)11-13)10-21-19(20)23-14-4-5-16-17(9-14)26-8-2-7-25-16;/h3-6,9,11-12H,2,7-8,10H2,1H3,(H3,20,21,23);1H. The molecular formula is C19H22IN5O2. The SMILES string of the molecule is Cc1ccc2nc(CN=C(N)Nc3ccc4c(c3)OCCCO4)cn2c1.I. The predicted octanol–water partition coefficient (Wildman–Crippen LogP) is 3.35. The second-order valence-corrected chi connectivity index (χ2v) is 6.24. The molecule has 27 heavy (non-hydrogen) atoms. The monoisotopic (exact) mass is 479 g/mol. The molecule has 8 heteroatoms. The lowest BCUT2D eigenvalue weighted by atomic mass is 10.3. The number of nitrogens with two attached hydrogens (primary N) is 1. The number of imidazole rings is 1. The maximum absolute atomic E-state index is 6.01. The van der Waals surface area contributed by atoms with Gasteiger partial charge < -0.3 is 24.9 Å². The molecule has 0 spiro atoms. The van der Waals surface area contributed by atoms with Crippen LogP contribution in [0, 0.1) is 6.92 Å². The molecule has 0 bridgehead atoms. The van der Waals surface area contributed by atoms with Crippen LogP contribution in [0.4, 0.5) is 5.69 Å². The van der Waals surface area contributed by atoms with Crippen molar-refractivity contribution in [3.63, 3.8) is 0 Å². The third-order valence-corrected chi connectivity index (χ3v) is 4.08. The van der Waals surface area contributed by atoms with Gasteiger partial charge in [-0.1, -0.05) is 6.07 Å². The fraction of sp³-hybridized carbons (Fsp3) is 0.263. The molecule has 3 aromatic rings. The van der Waals surface area contributed by atoms with E-state index in [2.05, 4.69) is 22.2 Å². The Balaban J connectivity index is 0.00000210. The highest BCUT2D eigenvalue weighted by Crippen LogP contribution is 2.32. The van der Waals surface area contributed by atoms with Gasteiger partial charge in [-0.25, -0.2) is 9.98 Å². The summed E-state index contributed by atoms with van der Waals surface area (Å²) in [4.78, 5) is 8.91. The van der Waals surface area contributed by atoms with E-state index in [1.807, 2.05) is 47.1 Å². The molecule has 142 valence electrons. The Hall–Kier alpha value is -2.49. The van der Waals surface area contributed by atoms with Crippen molar-refractivity contribution in [3.8, 4) is 11.5 Å². The first kappa shape index (κ1) is 19.3. The van der Waals surface area contributed by atoms with Crippen molar-refractivity contribution >= 4 is 41.3 Å². The number of halogens is 1. The Kier molecular flexibility index (Phi) is 6.04. The number of aryl methyl sites for hydroxylation is 1. The number of nitrogens with zero attached hydrogens (tertiary/aromatic N) is 3. The van der Waals surface area contributed by atoms with Gasteiger partial charge in [-0.05, 0) is 30.7 Å². The molecule has 0 aliphatic carbocycles. The Bertz CT molecular complexity index is 970. The molecule has 0 amide bonds. The van der Waals surface area contributed by atoms with Gasteiger partial charge in [-0.15, -0.1) is 24.0 Å². The fourth-order valence-electron chi connectivity index (χ4n) is 2.83. The predicted molar refractivity (Wildman–Crippen MR) is 116 cm³/mol. The number of guanidine groups is 1. The molecule has 0 unspecified atom stereocenters. The van der Waals surface area contributed by atoms with Crippen molar-refractivity contribution < 1.29 is 9.47 Å². The van der Waals surface area contributed by atoms with Crippen LogP contribution in [-0.2, 0) is 6.54 Å². The van der Waals surface area contributed by atoms with Crippen LogP contribution in [0.1, 0.15) is 17.7 Å². The topological polar surface area (TPSA) is 86.2 Å². The number of benzene rings is 1. The molecule has 3 N–H and O–H groups in total. The molecule has 1 aliphatic rings. The van der Waals surface area contributed by atoms with Crippen LogP contribution in [-0.4, -0.2) is 28.6 Å². The number of aromatic nitrogens is 2. The summed E-state index contributed by atoms with van der Waals surface area (Å²) in [6.45, 7) is 3.77. The highest BCUT2D eigenvalue weighted by atomic mass is 127. The second-order valence-electron chi connectivity index (χ2n) is 6.24. The van der Waals surface area contributed by atoms with Gasteiger partial charge in [0.05, 0.1) is 25.5 Å². The van der Waals surface area contributed by atoms with E-state index >= 15 is 0 Å². The zero-order valence-electron chi connectivity index (χ0n) is 15.0. The molecule has 0 radical (unpaired) electrons. The molecule has 2 aromatic heterocycles. The number of anilines is 1. The number of nitrogens with one attached hydrogen (secondary N) is 1. The van der Waals surface area contributed by atoms with Crippen LogP contribution in [0.5, 0.6) is 11.5 Å². The molecule has 1 aromatic carbocycles. The van der Waals surface area contributed by atoms with E-state index in [0.29, 0.717) is 25.7 Å². The van der Waals surface area contributed by atoms with Crippen molar-refractivity contribution in [3.05, 3.63) is 54.0 Å². The second kappa shape index (κ2) is 8.47. The number of aliphatic imine (C=N–C) groups is 1. The maximum Gasteiger partial charge on any atom is 0.193 e. The van der Waals surface area contributed by atoms with Crippen molar-refractivity contribution in [2.45, 2.75) is 19.9 Å². The van der Waals surface area contributed by atoms with Gasteiger partial charge in [-0.2, -0.15) is 0 Å². The molecule has 0 saturated carbocycles. The molecule has 4 rings (SSSR count). The summed E-state index contributed by atoms with van der Waals surface area (Å²) in [5, 5.41) is 3.08. The minimum Gasteiger partial charge on any atom is -0.490 e. The highest BCUT2D eigenvalue weighted by molar-refractivity contribution is 14.0. The van der Waals surface area contributed by atoms with E-state index in [-0.39, 0.29) is 24.0 Å². The Morgan fingerprint density at radius 3 is 2.85 bits per heavy atom. The summed E-state index contributed by atoms with van der Waals surface area (Å²) >= 11 is 0. The normalized spacial score (nSPS) is 13.7. The van der Waals surface area contributed by atoms with Gasteiger partial charge in [0, 0.05) is 30.6 Å². The van der Waals surface area contributed by atoms with Crippen LogP contribution >= 0.6 is 24.0 Å². The van der Waals surface area contributed by atoms with Crippen LogP contribution in [0.15, 0.2) is 47.7 Å². The van der Waals surface area contributed by atoms with Gasteiger partial charge >= 0.3 is 0 Å². The van der Waals surface area contributed by atoms with Gasteiger partial charge in [0.25, 0.3) is 0 Å². The zero-order valence-corrected chi connectivity index (χ0v) is 17.3. The lowest BCUT2D eigenvalue weighted by molar-refractivity contribution is 0.297. The van der Waals surface area contributed by atoms with Crippen molar-refractivity contribution in [1.82, 2.24) is 9.38 Å². The van der Waals surface area contributed by atoms with Crippen molar-refractivity contribution in [2.75, 3.05) is 18.5 Å². The fourth-order valence-corrected chi connectivity index (χ4v) is 2.83. The summed E-state index contributed by atoms with van der Waals surface area (Å²) in [6.07, 6.45) is 4.88. The average molecular weight is 479 g/mol. The molecule has 1 aliphatic heterocycles. The minimum absolute atomic E-state index is 0. The third-order valence-electron chi connectivity index (χ3n) is 4.08. The Morgan fingerprint density at radius 1 is 1.19 bits per heavy atom. The summed E-state index contributed by atoms with van der Waals surface area (Å²) < 4.78 is 13.3. The summed E-state index contributed by atoms with van der Waals surface area (Å²) in [5.41, 5.74) is 9.76. The van der Waals surface area contributed by atoms with E-state index in [0.717, 1.165) is 34.9 Å². The smallest absolute Gasteiger partial charge is 0.193 e.